The zero-order valence-electron chi connectivity index (χ0n) is 7.90. The van der Waals surface area contributed by atoms with Crippen LogP contribution in [0.15, 0.2) is 18.2 Å². The van der Waals surface area contributed by atoms with E-state index in [1.165, 1.54) is 25.1 Å². The molecule has 1 atom stereocenters. The van der Waals surface area contributed by atoms with Crippen molar-refractivity contribution < 1.29 is 14.6 Å². The molecule has 0 aliphatic heterocycles. The Balaban J connectivity index is 2.92. The van der Waals surface area contributed by atoms with E-state index in [4.69, 9.17) is 21.6 Å². The van der Waals surface area contributed by atoms with Crippen LogP contribution in [0.1, 0.15) is 17.3 Å². The number of benzene rings is 1. The number of carbonyl (C=O) groups is 1. The summed E-state index contributed by atoms with van der Waals surface area (Å²) in [5, 5.41) is 18.1. The molecule has 0 saturated carbocycles. The van der Waals surface area contributed by atoms with Crippen molar-refractivity contribution >= 4 is 17.6 Å². The van der Waals surface area contributed by atoms with Crippen molar-refractivity contribution in [2.75, 3.05) is 0 Å². The fourth-order valence-electron chi connectivity index (χ4n) is 0.922. The van der Waals surface area contributed by atoms with Gasteiger partial charge >= 0.3 is 5.97 Å². The third-order valence-corrected chi connectivity index (χ3v) is 1.88. The smallest absolute Gasteiger partial charge is 0.343 e. The van der Waals surface area contributed by atoms with E-state index < -0.39 is 12.1 Å². The molecular formula is C10H8ClNO3. The van der Waals surface area contributed by atoms with Crippen LogP contribution in [-0.2, 0) is 4.74 Å². The summed E-state index contributed by atoms with van der Waals surface area (Å²) >= 11 is 5.65. The first kappa shape index (κ1) is 11.3. The van der Waals surface area contributed by atoms with Crippen LogP contribution >= 0.6 is 11.6 Å². The first-order valence-corrected chi connectivity index (χ1v) is 4.51. The van der Waals surface area contributed by atoms with Crippen molar-refractivity contribution in [1.29, 1.82) is 5.26 Å². The maximum Gasteiger partial charge on any atom is 0.343 e. The summed E-state index contributed by atoms with van der Waals surface area (Å²) in [6, 6.07) is 5.76. The molecule has 1 rings (SSSR count). The lowest BCUT2D eigenvalue weighted by Gasteiger charge is -2.07. The average molecular weight is 226 g/mol. The standard InChI is InChI=1S/C10H8ClNO3/c1-6(5-12)15-10(14)8-4-7(11)2-3-9(8)13/h2-4,6,13H,1H3/t6-/m1/s1. The number of phenols is 1. The minimum atomic E-state index is -0.865. The molecule has 0 amide bonds. The molecule has 0 bridgehead atoms. The highest BCUT2D eigenvalue weighted by molar-refractivity contribution is 6.31. The number of hydrogen-bond acceptors (Lipinski definition) is 4. The molecule has 0 unspecified atom stereocenters. The largest absolute Gasteiger partial charge is 0.507 e. The first-order chi connectivity index (χ1) is 7.04. The van der Waals surface area contributed by atoms with Crippen LogP contribution in [0.4, 0.5) is 0 Å². The number of esters is 1. The molecule has 0 aromatic heterocycles. The van der Waals surface area contributed by atoms with Gasteiger partial charge < -0.3 is 9.84 Å². The lowest BCUT2D eigenvalue weighted by molar-refractivity contribution is 0.0432. The second-order valence-electron chi connectivity index (χ2n) is 2.84. The van der Waals surface area contributed by atoms with Crippen LogP contribution in [0.5, 0.6) is 5.75 Å². The van der Waals surface area contributed by atoms with E-state index in [0.29, 0.717) is 5.02 Å². The fourth-order valence-corrected chi connectivity index (χ4v) is 1.09. The zero-order valence-corrected chi connectivity index (χ0v) is 8.65. The second kappa shape index (κ2) is 4.67. The lowest BCUT2D eigenvalue weighted by Crippen LogP contribution is -2.13. The van der Waals surface area contributed by atoms with Crippen molar-refractivity contribution in [2.24, 2.45) is 0 Å². The highest BCUT2D eigenvalue weighted by atomic mass is 35.5. The summed E-state index contributed by atoms with van der Waals surface area (Å²) in [5.41, 5.74) is -0.0513. The Kier molecular flexibility index (Phi) is 3.53. The lowest BCUT2D eigenvalue weighted by atomic mass is 10.2. The molecule has 0 aliphatic carbocycles. The van der Waals surface area contributed by atoms with Crippen LogP contribution in [0.3, 0.4) is 0 Å². The van der Waals surface area contributed by atoms with Gasteiger partial charge in [-0.2, -0.15) is 5.26 Å². The summed E-state index contributed by atoms with van der Waals surface area (Å²) in [6.07, 6.45) is -0.865. The number of halogens is 1. The number of nitriles is 1. The first-order valence-electron chi connectivity index (χ1n) is 4.13. The maximum atomic E-state index is 11.4. The molecule has 0 saturated heterocycles. The Labute approximate surface area is 91.7 Å². The zero-order chi connectivity index (χ0) is 11.4. The van der Waals surface area contributed by atoms with Gasteiger partial charge in [0.05, 0.1) is 0 Å². The molecule has 0 spiro atoms. The highest BCUT2D eigenvalue weighted by Gasteiger charge is 2.15. The fraction of sp³-hybridized carbons (Fsp3) is 0.200. The molecule has 0 aliphatic rings. The van der Waals surface area contributed by atoms with E-state index in [2.05, 4.69) is 0 Å². The molecule has 78 valence electrons. The third-order valence-electron chi connectivity index (χ3n) is 1.64. The van der Waals surface area contributed by atoms with Gasteiger partial charge in [0.25, 0.3) is 0 Å². The average Bonchev–Trinajstić information content (AvgIpc) is 2.21. The Hall–Kier alpha value is -1.73. The van der Waals surface area contributed by atoms with Gasteiger partial charge in [0, 0.05) is 5.02 Å². The van der Waals surface area contributed by atoms with E-state index in [-0.39, 0.29) is 11.3 Å². The molecule has 4 nitrogen and oxygen atoms in total. The van der Waals surface area contributed by atoms with Gasteiger partial charge in [-0.05, 0) is 25.1 Å². The van der Waals surface area contributed by atoms with Crippen LogP contribution in [0, 0.1) is 11.3 Å². The monoisotopic (exact) mass is 225 g/mol. The number of aromatic hydroxyl groups is 1. The van der Waals surface area contributed by atoms with Gasteiger partial charge in [0.15, 0.2) is 6.10 Å². The molecule has 1 aromatic rings. The number of hydrogen-bond donors (Lipinski definition) is 1. The molecule has 0 fully saturated rings. The Bertz CT molecular complexity index is 425. The van der Waals surface area contributed by atoms with E-state index in [9.17, 15) is 9.90 Å². The van der Waals surface area contributed by atoms with Gasteiger partial charge in [-0.1, -0.05) is 11.6 Å². The van der Waals surface area contributed by atoms with Crippen molar-refractivity contribution in [2.45, 2.75) is 13.0 Å². The van der Waals surface area contributed by atoms with Crippen LogP contribution in [-0.4, -0.2) is 17.2 Å². The van der Waals surface area contributed by atoms with Gasteiger partial charge in [0.2, 0.25) is 0 Å². The normalized spacial score (nSPS) is 11.5. The van der Waals surface area contributed by atoms with E-state index in [0.717, 1.165) is 0 Å². The summed E-state index contributed by atoms with van der Waals surface area (Å²) in [4.78, 5) is 11.4. The molecule has 1 N–H and O–H groups in total. The summed E-state index contributed by atoms with van der Waals surface area (Å²) in [7, 11) is 0. The second-order valence-corrected chi connectivity index (χ2v) is 3.27. The Morgan fingerprint density at radius 3 is 2.93 bits per heavy atom. The quantitative estimate of drug-likeness (QED) is 0.783. The molecule has 15 heavy (non-hydrogen) atoms. The molecular weight excluding hydrogens is 218 g/mol. The van der Waals surface area contributed by atoms with Gasteiger partial charge in [0.1, 0.15) is 17.4 Å². The molecule has 0 radical (unpaired) electrons. The highest BCUT2D eigenvalue weighted by Crippen LogP contribution is 2.22. The van der Waals surface area contributed by atoms with Gasteiger partial charge in [-0.15, -0.1) is 0 Å². The maximum absolute atomic E-state index is 11.4. The SMILES string of the molecule is C[C@H](C#N)OC(=O)c1cc(Cl)ccc1O. The predicted molar refractivity (Wildman–Crippen MR) is 53.6 cm³/mol. The van der Waals surface area contributed by atoms with Crippen molar-refractivity contribution in [3.63, 3.8) is 0 Å². The number of nitrogens with zero attached hydrogens (tertiary/aromatic N) is 1. The third kappa shape index (κ3) is 2.86. The van der Waals surface area contributed by atoms with Crippen molar-refractivity contribution in [3.05, 3.63) is 28.8 Å². The van der Waals surface area contributed by atoms with Crippen LogP contribution in [0.25, 0.3) is 0 Å². The number of rotatable bonds is 2. The predicted octanol–water partition coefficient (Wildman–Crippen LogP) is 2.11. The van der Waals surface area contributed by atoms with Crippen molar-refractivity contribution in [3.8, 4) is 11.8 Å². The minimum Gasteiger partial charge on any atom is -0.507 e. The summed E-state index contributed by atoms with van der Waals surface area (Å²) in [6.45, 7) is 1.43. The topological polar surface area (TPSA) is 70.3 Å². The van der Waals surface area contributed by atoms with E-state index in [1.54, 1.807) is 6.07 Å². The summed E-state index contributed by atoms with van der Waals surface area (Å²) < 4.78 is 4.70. The van der Waals surface area contributed by atoms with Crippen LogP contribution in [0.2, 0.25) is 5.02 Å². The Morgan fingerprint density at radius 2 is 2.33 bits per heavy atom. The molecule has 5 heteroatoms. The van der Waals surface area contributed by atoms with Crippen molar-refractivity contribution in [1.82, 2.24) is 0 Å². The van der Waals surface area contributed by atoms with E-state index >= 15 is 0 Å². The Morgan fingerprint density at radius 1 is 1.67 bits per heavy atom. The number of carbonyl (C=O) groups excluding carboxylic acids is 1. The van der Waals surface area contributed by atoms with E-state index in [1.807, 2.05) is 0 Å². The molecule has 1 aromatic carbocycles. The molecule has 0 heterocycles. The minimum absolute atomic E-state index is 0.0513. The number of phenolic OH excluding ortho intramolecular Hbond substituents is 1. The number of ether oxygens (including phenoxy) is 1. The van der Waals surface area contributed by atoms with Crippen LogP contribution < -0.4 is 0 Å². The summed E-state index contributed by atoms with van der Waals surface area (Å²) in [5.74, 6) is -1.00. The van der Waals surface area contributed by atoms with Gasteiger partial charge in [-0.25, -0.2) is 4.79 Å². The van der Waals surface area contributed by atoms with Gasteiger partial charge in [-0.3, -0.25) is 0 Å².